The van der Waals surface area contributed by atoms with Crippen LogP contribution in [-0.2, 0) is 0 Å². The van der Waals surface area contributed by atoms with Crippen molar-refractivity contribution in [1.29, 1.82) is 0 Å². The van der Waals surface area contributed by atoms with E-state index in [0.29, 0.717) is 0 Å². The van der Waals surface area contributed by atoms with Gasteiger partial charge in [-0.05, 0) is 164 Å². The molecule has 1 heteroatoms. The Kier molecular flexibility index (Phi) is 11.1. The third-order valence-electron chi connectivity index (χ3n) is 14.7. The van der Waals surface area contributed by atoms with Gasteiger partial charge in [0.25, 0.3) is 0 Å². The number of rotatable bonds is 7. The van der Waals surface area contributed by atoms with E-state index in [9.17, 15) is 0 Å². The number of benzene rings is 13. The minimum Gasteiger partial charge on any atom is -0.309 e. The van der Waals surface area contributed by atoms with E-state index >= 15 is 0 Å². The van der Waals surface area contributed by atoms with Crippen LogP contribution in [0.2, 0.25) is 0 Å². The lowest BCUT2D eigenvalue weighted by Gasteiger charge is -2.18. The van der Waals surface area contributed by atoms with Crippen LogP contribution in [0, 0.1) is 0 Å². The molecule has 0 radical (unpaired) electrons. The van der Waals surface area contributed by atoms with E-state index in [4.69, 9.17) is 0 Å². The highest BCUT2D eigenvalue weighted by Crippen LogP contribution is 2.44. The summed E-state index contributed by atoms with van der Waals surface area (Å²) in [7, 11) is 0. The number of hydrogen-bond acceptors (Lipinski definition) is 0. The molecule has 0 atom stereocenters. The average Bonchev–Trinajstić information content (AvgIpc) is 3.81. The standard InChI is InChI=1S/C70H45N.C2H6/c1-3-15-46(16-4-1)48-27-31-50(32-28-48)52-35-37-69-67(42-52)68-43-53(51-33-29-49(30-34-51)47-17-5-2-6-18-47)36-38-70(68)71(69)58-40-56(65-44-54-19-7-9-21-59(54)61-23-11-13-25-63(61)65)39-57(41-58)66-45-55-20-8-10-22-60(55)62-24-12-14-26-64(62)66;1-2/h1-45H;1-2H3. The molecule has 1 heterocycles. The predicted molar refractivity (Wildman–Crippen MR) is 315 cm³/mol. The number of fused-ring (bicyclic) bond motifs is 9. The molecule has 73 heavy (non-hydrogen) atoms. The Hall–Kier alpha value is -9.30. The molecule has 13 aromatic carbocycles. The fourth-order valence-corrected chi connectivity index (χ4v) is 11.3. The lowest BCUT2D eigenvalue weighted by Crippen LogP contribution is -1.97. The maximum atomic E-state index is 2.51. The van der Waals surface area contributed by atoms with Crippen molar-refractivity contribution >= 4 is 64.9 Å². The summed E-state index contributed by atoms with van der Waals surface area (Å²) < 4.78 is 2.51. The minimum absolute atomic E-state index is 1.12. The third-order valence-corrected chi connectivity index (χ3v) is 14.7. The fraction of sp³-hybridized carbons (Fsp3) is 0.0278. The van der Waals surface area contributed by atoms with Gasteiger partial charge in [-0.2, -0.15) is 0 Å². The summed E-state index contributed by atoms with van der Waals surface area (Å²) in [5.74, 6) is 0. The normalized spacial score (nSPS) is 11.4. The molecule has 0 bridgehead atoms. The van der Waals surface area contributed by atoms with Crippen molar-refractivity contribution in [3.8, 4) is 72.4 Å². The van der Waals surface area contributed by atoms with Crippen LogP contribution in [0.15, 0.2) is 273 Å². The van der Waals surface area contributed by atoms with Crippen molar-refractivity contribution < 1.29 is 0 Å². The molecule has 0 fully saturated rings. The molecule has 0 aliphatic carbocycles. The van der Waals surface area contributed by atoms with Gasteiger partial charge in [0.1, 0.15) is 0 Å². The first kappa shape index (κ1) is 43.7. The third kappa shape index (κ3) is 7.75. The number of nitrogens with zero attached hydrogens (tertiary/aromatic N) is 1. The van der Waals surface area contributed by atoms with Gasteiger partial charge in [-0.1, -0.05) is 232 Å². The van der Waals surface area contributed by atoms with E-state index in [-0.39, 0.29) is 0 Å². The van der Waals surface area contributed by atoms with E-state index < -0.39 is 0 Å². The molecule has 0 aliphatic heterocycles. The molecule has 0 unspecified atom stereocenters. The maximum Gasteiger partial charge on any atom is 0.0541 e. The van der Waals surface area contributed by atoms with E-state index in [2.05, 4.69) is 278 Å². The molecule has 1 aromatic heterocycles. The lowest BCUT2D eigenvalue weighted by molar-refractivity contribution is 1.18. The van der Waals surface area contributed by atoms with Gasteiger partial charge in [-0.15, -0.1) is 0 Å². The van der Waals surface area contributed by atoms with E-state index in [0.717, 1.165) is 16.7 Å². The summed E-state index contributed by atoms with van der Waals surface area (Å²) in [5.41, 5.74) is 17.9. The zero-order chi connectivity index (χ0) is 48.8. The van der Waals surface area contributed by atoms with Crippen LogP contribution in [0.4, 0.5) is 0 Å². The second kappa shape index (κ2) is 18.5. The Balaban J connectivity index is 0.00000255. The highest BCUT2D eigenvalue weighted by atomic mass is 15.0. The van der Waals surface area contributed by atoms with Crippen LogP contribution < -0.4 is 0 Å². The van der Waals surface area contributed by atoms with Crippen molar-refractivity contribution in [3.05, 3.63) is 273 Å². The summed E-state index contributed by atoms with van der Waals surface area (Å²) in [5, 5.41) is 12.4. The van der Waals surface area contributed by atoms with Gasteiger partial charge in [0.2, 0.25) is 0 Å². The quantitative estimate of drug-likeness (QED) is 0.140. The first-order valence-corrected chi connectivity index (χ1v) is 25.6. The number of aromatic nitrogens is 1. The van der Waals surface area contributed by atoms with Crippen LogP contribution in [0.25, 0.3) is 137 Å². The smallest absolute Gasteiger partial charge is 0.0541 e. The Bertz CT molecular complexity index is 4070. The first-order valence-electron chi connectivity index (χ1n) is 25.6. The molecule has 0 saturated carbocycles. The minimum atomic E-state index is 1.12. The predicted octanol–water partition coefficient (Wildman–Crippen LogP) is 20.4. The molecule has 0 saturated heterocycles. The van der Waals surface area contributed by atoms with Gasteiger partial charge >= 0.3 is 0 Å². The molecular formula is C72H51N. The second-order valence-electron chi connectivity index (χ2n) is 18.8. The van der Waals surface area contributed by atoms with Gasteiger partial charge in [0, 0.05) is 16.5 Å². The van der Waals surface area contributed by atoms with E-state index in [1.165, 1.54) is 121 Å². The number of hydrogen-bond donors (Lipinski definition) is 0. The summed E-state index contributed by atoms with van der Waals surface area (Å²) in [6.07, 6.45) is 0. The zero-order valence-electron chi connectivity index (χ0n) is 40.9. The van der Waals surface area contributed by atoms with Crippen molar-refractivity contribution in [2.75, 3.05) is 0 Å². The maximum absolute atomic E-state index is 2.51. The Labute approximate surface area is 426 Å². The molecule has 0 amide bonds. The molecule has 0 aliphatic rings. The summed E-state index contributed by atoms with van der Waals surface area (Å²) in [6.45, 7) is 4.00. The highest BCUT2D eigenvalue weighted by Gasteiger charge is 2.19. The van der Waals surface area contributed by atoms with E-state index in [1.807, 2.05) is 13.8 Å². The van der Waals surface area contributed by atoms with Crippen molar-refractivity contribution in [2.24, 2.45) is 0 Å². The second-order valence-corrected chi connectivity index (χ2v) is 18.8. The largest absolute Gasteiger partial charge is 0.309 e. The fourth-order valence-electron chi connectivity index (χ4n) is 11.3. The highest BCUT2D eigenvalue weighted by molar-refractivity contribution is 6.17. The van der Waals surface area contributed by atoms with Crippen LogP contribution in [-0.4, -0.2) is 4.57 Å². The van der Waals surface area contributed by atoms with Crippen molar-refractivity contribution in [3.63, 3.8) is 0 Å². The van der Waals surface area contributed by atoms with Crippen LogP contribution >= 0.6 is 0 Å². The van der Waals surface area contributed by atoms with Gasteiger partial charge in [-0.3, -0.25) is 0 Å². The Morgan fingerprint density at radius 1 is 0.205 bits per heavy atom. The Morgan fingerprint density at radius 2 is 0.521 bits per heavy atom. The first-order chi connectivity index (χ1) is 36.2. The monoisotopic (exact) mass is 929 g/mol. The van der Waals surface area contributed by atoms with Crippen LogP contribution in [0.1, 0.15) is 13.8 Å². The molecule has 1 nitrogen and oxygen atoms in total. The van der Waals surface area contributed by atoms with Gasteiger partial charge in [0.15, 0.2) is 0 Å². The Morgan fingerprint density at radius 3 is 0.932 bits per heavy atom. The van der Waals surface area contributed by atoms with Crippen molar-refractivity contribution in [2.45, 2.75) is 13.8 Å². The molecule has 14 aromatic rings. The van der Waals surface area contributed by atoms with Crippen LogP contribution in [0.3, 0.4) is 0 Å². The molecule has 14 rings (SSSR count). The van der Waals surface area contributed by atoms with Crippen LogP contribution in [0.5, 0.6) is 0 Å². The molecule has 0 spiro atoms. The molecule has 0 N–H and O–H groups in total. The summed E-state index contributed by atoms with van der Waals surface area (Å²) >= 11 is 0. The van der Waals surface area contributed by atoms with Gasteiger partial charge in [-0.25, -0.2) is 0 Å². The average molecular weight is 930 g/mol. The van der Waals surface area contributed by atoms with Gasteiger partial charge in [0.05, 0.1) is 11.0 Å². The molecular weight excluding hydrogens is 879 g/mol. The van der Waals surface area contributed by atoms with Crippen molar-refractivity contribution in [1.82, 2.24) is 4.57 Å². The SMILES string of the molecule is CC.c1ccc(-c2ccc(-c3ccc4c(c3)c3cc(-c5ccc(-c6ccccc6)cc5)ccc3n4-c3cc(-c4cc5ccccc5c5ccccc45)cc(-c4cc5ccccc5c5ccccc45)c3)cc2)cc1. The summed E-state index contributed by atoms with van der Waals surface area (Å²) in [6, 6.07) is 101. The topological polar surface area (TPSA) is 4.93 Å². The van der Waals surface area contributed by atoms with E-state index in [1.54, 1.807) is 0 Å². The summed E-state index contributed by atoms with van der Waals surface area (Å²) in [4.78, 5) is 0. The zero-order valence-corrected chi connectivity index (χ0v) is 40.9. The van der Waals surface area contributed by atoms with Gasteiger partial charge < -0.3 is 4.57 Å². The molecule has 344 valence electrons. The lowest BCUT2D eigenvalue weighted by atomic mass is 9.89.